The molecule has 0 aliphatic carbocycles. The van der Waals surface area contributed by atoms with Crippen LogP contribution in [0.4, 0.5) is 0 Å². The summed E-state index contributed by atoms with van der Waals surface area (Å²) in [5, 5.41) is 0. The van der Waals surface area contributed by atoms with E-state index in [1.54, 1.807) is 0 Å². The molecule has 0 spiro atoms. The molecule has 0 aliphatic heterocycles. The summed E-state index contributed by atoms with van der Waals surface area (Å²) >= 11 is 0. The van der Waals surface area contributed by atoms with Crippen LogP contribution in [0.15, 0.2) is 12.3 Å². The lowest BCUT2D eigenvalue weighted by atomic mass is 9.97. The summed E-state index contributed by atoms with van der Waals surface area (Å²) in [5.74, 6) is 1.20. The summed E-state index contributed by atoms with van der Waals surface area (Å²) in [6.07, 6.45) is 1.15. The van der Waals surface area contributed by atoms with Gasteiger partial charge in [0.15, 0.2) is 0 Å². The Kier molecular flexibility index (Phi) is 3.36. The number of nitrogens with two attached hydrogens (primary N) is 1. The van der Waals surface area contributed by atoms with Crippen molar-refractivity contribution >= 4 is 0 Å². The highest BCUT2D eigenvalue weighted by Crippen LogP contribution is 2.13. The zero-order chi connectivity index (χ0) is 7.44. The van der Waals surface area contributed by atoms with Crippen molar-refractivity contribution in [3.05, 3.63) is 12.3 Å². The van der Waals surface area contributed by atoms with E-state index in [2.05, 4.69) is 27.4 Å². The van der Waals surface area contributed by atoms with Crippen LogP contribution in [0.5, 0.6) is 0 Å². The topological polar surface area (TPSA) is 26.0 Å². The highest BCUT2D eigenvalue weighted by molar-refractivity contribution is 4.91. The van der Waals surface area contributed by atoms with Crippen molar-refractivity contribution in [3.63, 3.8) is 0 Å². The van der Waals surface area contributed by atoms with Gasteiger partial charge in [-0.05, 0) is 18.3 Å². The average Bonchev–Trinajstić information content (AvgIpc) is 1.63. The smallest absolute Gasteiger partial charge is 0.00363 e. The molecule has 0 heterocycles. The first-order valence-corrected chi connectivity index (χ1v) is 3.48. The second-order valence-corrected chi connectivity index (χ2v) is 3.11. The normalized spacial score (nSPS) is 13.8. The average molecular weight is 127 g/mol. The second kappa shape index (κ2) is 3.54. The SMILES string of the molecule is C=C(N)C(C)CC(C)C. The highest BCUT2D eigenvalue weighted by atomic mass is 14.6. The Morgan fingerprint density at radius 2 is 1.89 bits per heavy atom. The van der Waals surface area contributed by atoms with E-state index in [0.717, 1.165) is 18.0 Å². The van der Waals surface area contributed by atoms with Crippen LogP contribution in [0.2, 0.25) is 0 Å². The third kappa shape index (κ3) is 4.07. The molecule has 54 valence electrons. The maximum Gasteiger partial charge on any atom is 0.00363 e. The summed E-state index contributed by atoms with van der Waals surface area (Å²) in [6, 6.07) is 0. The first-order chi connectivity index (χ1) is 4.04. The summed E-state index contributed by atoms with van der Waals surface area (Å²) in [7, 11) is 0. The van der Waals surface area contributed by atoms with Crippen LogP contribution >= 0.6 is 0 Å². The molecule has 0 saturated carbocycles. The lowest BCUT2D eigenvalue weighted by Crippen LogP contribution is -2.09. The van der Waals surface area contributed by atoms with Gasteiger partial charge in [0.1, 0.15) is 0 Å². The van der Waals surface area contributed by atoms with Crippen LogP contribution in [-0.2, 0) is 0 Å². The molecule has 0 fully saturated rings. The predicted molar refractivity (Wildman–Crippen MR) is 41.9 cm³/mol. The van der Waals surface area contributed by atoms with E-state index in [-0.39, 0.29) is 0 Å². The van der Waals surface area contributed by atoms with Crippen molar-refractivity contribution < 1.29 is 0 Å². The molecule has 0 aromatic heterocycles. The number of hydrogen-bond donors (Lipinski definition) is 1. The van der Waals surface area contributed by atoms with Crippen molar-refractivity contribution in [2.75, 3.05) is 0 Å². The van der Waals surface area contributed by atoms with Gasteiger partial charge >= 0.3 is 0 Å². The zero-order valence-electron chi connectivity index (χ0n) is 6.65. The lowest BCUT2D eigenvalue weighted by Gasteiger charge is -2.12. The molecule has 1 heteroatoms. The van der Waals surface area contributed by atoms with Crippen molar-refractivity contribution in [2.24, 2.45) is 17.6 Å². The summed E-state index contributed by atoms with van der Waals surface area (Å²) in [5.41, 5.74) is 6.30. The minimum atomic E-state index is 0.477. The van der Waals surface area contributed by atoms with Crippen molar-refractivity contribution in [3.8, 4) is 0 Å². The van der Waals surface area contributed by atoms with E-state index in [1.165, 1.54) is 0 Å². The third-order valence-electron chi connectivity index (χ3n) is 1.46. The standard InChI is InChI=1S/C8H17N/c1-6(2)5-7(3)8(4)9/h6-7H,4-5,9H2,1-3H3. The summed E-state index contributed by atoms with van der Waals surface area (Å²) < 4.78 is 0. The van der Waals surface area contributed by atoms with Gasteiger partial charge in [0.2, 0.25) is 0 Å². The molecule has 0 saturated heterocycles. The minimum Gasteiger partial charge on any atom is -0.402 e. The molecule has 1 nitrogen and oxygen atoms in total. The van der Waals surface area contributed by atoms with Gasteiger partial charge in [-0.25, -0.2) is 0 Å². The fraction of sp³-hybridized carbons (Fsp3) is 0.750. The Balaban J connectivity index is 3.50. The molecular weight excluding hydrogens is 110 g/mol. The van der Waals surface area contributed by atoms with Crippen molar-refractivity contribution in [1.29, 1.82) is 0 Å². The van der Waals surface area contributed by atoms with Crippen LogP contribution < -0.4 is 5.73 Å². The fourth-order valence-electron chi connectivity index (χ4n) is 0.858. The van der Waals surface area contributed by atoms with E-state index in [9.17, 15) is 0 Å². The van der Waals surface area contributed by atoms with E-state index >= 15 is 0 Å². The van der Waals surface area contributed by atoms with E-state index in [1.807, 2.05) is 0 Å². The van der Waals surface area contributed by atoms with Gasteiger partial charge in [0.05, 0.1) is 0 Å². The van der Waals surface area contributed by atoms with Crippen LogP contribution in [-0.4, -0.2) is 0 Å². The number of allylic oxidation sites excluding steroid dienone is 1. The Morgan fingerprint density at radius 1 is 1.44 bits per heavy atom. The molecule has 0 aliphatic rings. The fourth-order valence-corrected chi connectivity index (χ4v) is 0.858. The van der Waals surface area contributed by atoms with Crippen LogP contribution in [0.3, 0.4) is 0 Å². The maximum absolute atomic E-state index is 5.49. The van der Waals surface area contributed by atoms with Gasteiger partial charge in [-0.2, -0.15) is 0 Å². The zero-order valence-corrected chi connectivity index (χ0v) is 6.65. The molecule has 9 heavy (non-hydrogen) atoms. The van der Waals surface area contributed by atoms with Gasteiger partial charge in [-0.15, -0.1) is 0 Å². The monoisotopic (exact) mass is 127 g/mol. The largest absolute Gasteiger partial charge is 0.402 e. The Morgan fingerprint density at radius 3 is 2.00 bits per heavy atom. The Bertz CT molecular complexity index is 94.7. The number of hydrogen-bond acceptors (Lipinski definition) is 1. The quantitative estimate of drug-likeness (QED) is 0.617. The van der Waals surface area contributed by atoms with E-state index in [4.69, 9.17) is 5.73 Å². The molecule has 0 aromatic rings. The van der Waals surface area contributed by atoms with E-state index < -0.39 is 0 Å². The predicted octanol–water partition coefficient (Wildman–Crippen LogP) is 2.14. The summed E-state index contributed by atoms with van der Waals surface area (Å²) in [6.45, 7) is 10.2. The molecular formula is C8H17N. The Hall–Kier alpha value is -0.460. The molecule has 1 unspecified atom stereocenters. The highest BCUT2D eigenvalue weighted by Gasteiger charge is 2.04. The van der Waals surface area contributed by atoms with Crippen LogP contribution in [0, 0.1) is 11.8 Å². The first-order valence-electron chi connectivity index (χ1n) is 3.48. The number of rotatable bonds is 3. The van der Waals surface area contributed by atoms with Crippen molar-refractivity contribution in [1.82, 2.24) is 0 Å². The Labute approximate surface area is 57.9 Å². The molecule has 2 N–H and O–H groups in total. The van der Waals surface area contributed by atoms with Crippen LogP contribution in [0.25, 0.3) is 0 Å². The van der Waals surface area contributed by atoms with E-state index in [0.29, 0.717) is 5.92 Å². The van der Waals surface area contributed by atoms with Gasteiger partial charge in [0, 0.05) is 5.70 Å². The molecule has 1 atom stereocenters. The molecule has 0 aromatic carbocycles. The maximum atomic E-state index is 5.49. The van der Waals surface area contributed by atoms with Gasteiger partial charge in [0.25, 0.3) is 0 Å². The van der Waals surface area contributed by atoms with Gasteiger partial charge in [-0.3, -0.25) is 0 Å². The molecule has 0 rings (SSSR count). The first kappa shape index (κ1) is 8.54. The minimum absolute atomic E-state index is 0.477. The van der Waals surface area contributed by atoms with Gasteiger partial charge in [-0.1, -0.05) is 27.4 Å². The van der Waals surface area contributed by atoms with Gasteiger partial charge < -0.3 is 5.73 Å². The lowest BCUT2D eigenvalue weighted by molar-refractivity contribution is 0.484. The van der Waals surface area contributed by atoms with Crippen LogP contribution in [0.1, 0.15) is 27.2 Å². The molecule has 0 bridgehead atoms. The molecule has 0 radical (unpaired) electrons. The second-order valence-electron chi connectivity index (χ2n) is 3.11. The van der Waals surface area contributed by atoms with Crippen molar-refractivity contribution in [2.45, 2.75) is 27.2 Å². The third-order valence-corrected chi connectivity index (χ3v) is 1.46. The molecule has 0 amide bonds. The summed E-state index contributed by atoms with van der Waals surface area (Å²) in [4.78, 5) is 0.